The van der Waals surface area contributed by atoms with Crippen molar-refractivity contribution in [1.29, 1.82) is 0 Å². The van der Waals surface area contributed by atoms with Gasteiger partial charge in [0.25, 0.3) is 0 Å². The average molecular weight is 244 g/mol. The lowest BCUT2D eigenvalue weighted by molar-refractivity contribution is 0.250. The Balaban J connectivity index is 2.21. The number of aromatic amines is 1. The average Bonchev–Trinajstić information content (AvgIpc) is 2.81. The van der Waals surface area contributed by atoms with Crippen molar-refractivity contribution in [3.05, 3.63) is 36.7 Å². The Morgan fingerprint density at radius 3 is 2.78 bits per heavy atom. The van der Waals surface area contributed by atoms with Crippen molar-refractivity contribution in [2.45, 2.75) is 19.9 Å². The fraction of sp³-hybridized carbons (Fsp3) is 0.231. The number of carbonyl (C=O) groups excluding carboxylic acids is 1. The smallest absolute Gasteiger partial charge is 0.319 e. The van der Waals surface area contributed by atoms with Crippen LogP contribution < -0.4 is 10.6 Å². The molecule has 1 aromatic carbocycles. The number of anilines is 1. The van der Waals surface area contributed by atoms with E-state index in [9.17, 15) is 4.79 Å². The molecule has 0 aliphatic carbocycles. The van der Waals surface area contributed by atoms with Crippen LogP contribution in [0, 0.1) is 0 Å². The second-order valence-electron chi connectivity index (χ2n) is 4.24. The lowest BCUT2D eigenvalue weighted by atomic mass is 10.1. The van der Waals surface area contributed by atoms with E-state index in [1.807, 2.05) is 38.1 Å². The van der Waals surface area contributed by atoms with Gasteiger partial charge < -0.3 is 15.6 Å². The zero-order valence-corrected chi connectivity index (χ0v) is 10.4. The molecular formula is C13H16N4O. The van der Waals surface area contributed by atoms with Gasteiger partial charge in [0.15, 0.2) is 0 Å². The van der Waals surface area contributed by atoms with Crippen molar-refractivity contribution in [2.24, 2.45) is 0 Å². The summed E-state index contributed by atoms with van der Waals surface area (Å²) in [5, 5.41) is 5.60. The SMILES string of the molecule is CC(C)NC(=O)Nc1ccccc1-c1ncc[nH]1. The molecule has 0 saturated carbocycles. The minimum absolute atomic E-state index is 0.0979. The number of carbonyl (C=O) groups is 1. The normalized spacial score (nSPS) is 10.4. The van der Waals surface area contributed by atoms with Crippen molar-refractivity contribution in [1.82, 2.24) is 15.3 Å². The Bertz CT molecular complexity index is 520. The number of H-pyrrole nitrogens is 1. The highest BCUT2D eigenvalue weighted by Crippen LogP contribution is 2.24. The topological polar surface area (TPSA) is 69.8 Å². The molecule has 0 radical (unpaired) electrons. The van der Waals surface area contributed by atoms with Crippen molar-refractivity contribution >= 4 is 11.7 Å². The van der Waals surface area contributed by atoms with Crippen LogP contribution in [0.4, 0.5) is 10.5 Å². The van der Waals surface area contributed by atoms with E-state index < -0.39 is 0 Å². The van der Waals surface area contributed by atoms with E-state index in [-0.39, 0.29) is 12.1 Å². The molecule has 1 heterocycles. The summed E-state index contributed by atoms with van der Waals surface area (Å²) in [7, 11) is 0. The zero-order chi connectivity index (χ0) is 13.0. The zero-order valence-electron chi connectivity index (χ0n) is 10.4. The van der Waals surface area contributed by atoms with Crippen LogP contribution in [0.3, 0.4) is 0 Å². The number of urea groups is 1. The number of benzene rings is 1. The third-order valence-electron chi connectivity index (χ3n) is 2.35. The van der Waals surface area contributed by atoms with Crippen LogP contribution >= 0.6 is 0 Å². The molecule has 5 heteroatoms. The van der Waals surface area contributed by atoms with Gasteiger partial charge in [0.05, 0.1) is 5.69 Å². The van der Waals surface area contributed by atoms with Gasteiger partial charge >= 0.3 is 6.03 Å². The molecule has 1 aromatic heterocycles. The molecule has 5 nitrogen and oxygen atoms in total. The Kier molecular flexibility index (Phi) is 3.62. The monoisotopic (exact) mass is 244 g/mol. The summed E-state index contributed by atoms with van der Waals surface area (Å²) < 4.78 is 0. The maximum absolute atomic E-state index is 11.7. The van der Waals surface area contributed by atoms with Crippen molar-refractivity contribution in [3.63, 3.8) is 0 Å². The molecule has 0 fully saturated rings. The van der Waals surface area contributed by atoms with Crippen LogP contribution in [0.15, 0.2) is 36.7 Å². The third kappa shape index (κ3) is 2.88. The van der Waals surface area contributed by atoms with Crippen molar-refractivity contribution in [3.8, 4) is 11.4 Å². The minimum atomic E-state index is -0.219. The highest BCUT2D eigenvalue weighted by atomic mass is 16.2. The standard InChI is InChI=1S/C13H16N4O/c1-9(2)16-13(18)17-11-6-4-3-5-10(11)12-14-7-8-15-12/h3-9H,1-2H3,(H,14,15)(H2,16,17,18). The van der Waals surface area contributed by atoms with E-state index in [1.54, 1.807) is 12.4 Å². The largest absolute Gasteiger partial charge is 0.345 e. The number of hydrogen-bond acceptors (Lipinski definition) is 2. The Labute approximate surface area is 106 Å². The van der Waals surface area contributed by atoms with Gasteiger partial charge in [-0.2, -0.15) is 0 Å². The molecule has 2 rings (SSSR count). The molecule has 0 aliphatic heterocycles. The summed E-state index contributed by atoms with van der Waals surface area (Å²) in [5.41, 5.74) is 1.59. The summed E-state index contributed by atoms with van der Waals surface area (Å²) in [6, 6.07) is 7.41. The highest BCUT2D eigenvalue weighted by Gasteiger charge is 2.09. The quantitative estimate of drug-likeness (QED) is 0.776. The molecule has 0 saturated heterocycles. The summed E-state index contributed by atoms with van der Waals surface area (Å²) in [6.07, 6.45) is 3.43. The van der Waals surface area contributed by atoms with Gasteiger partial charge in [0, 0.05) is 24.0 Å². The van der Waals surface area contributed by atoms with Gasteiger partial charge in [-0.15, -0.1) is 0 Å². The second kappa shape index (κ2) is 5.35. The first-order chi connectivity index (χ1) is 8.66. The Morgan fingerprint density at radius 2 is 2.11 bits per heavy atom. The molecule has 0 atom stereocenters. The molecule has 2 aromatic rings. The second-order valence-corrected chi connectivity index (χ2v) is 4.24. The fourth-order valence-electron chi connectivity index (χ4n) is 1.63. The summed E-state index contributed by atoms with van der Waals surface area (Å²) in [6.45, 7) is 3.83. The van der Waals surface area contributed by atoms with E-state index in [1.165, 1.54) is 0 Å². The number of para-hydroxylation sites is 1. The van der Waals surface area contributed by atoms with Gasteiger partial charge in [-0.1, -0.05) is 12.1 Å². The van der Waals surface area contributed by atoms with Crippen LogP contribution in [0.1, 0.15) is 13.8 Å². The Morgan fingerprint density at radius 1 is 1.33 bits per heavy atom. The molecule has 0 aliphatic rings. The van der Waals surface area contributed by atoms with Crippen LogP contribution in [-0.4, -0.2) is 22.0 Å². The van der Waals surface area contributed by atoms with Crippen LogP contribution in [0.5, 0.6) is 0 Å². The van der Waals surface area contributed by atoms with Crippen molar-refractivity contribution in [2.75, 3.05) is 5.32 Å². The van der Waals surface area contributed by atoms with E-state index in [4.69, 9.17) is 0 Å². The number of nitrogens with zero attached hydrogens (tertiary/aromatic N) is 1. The first kappa shape index (κ1) is 12.2. The molecule has 94 valence electrons. The number of amides is 2. The van der Waals surface area contributed by atoms with Gasteiger partial charge in [-0.3, -0.25) is 0 Å². The maximum atomic E-state index is 11.7. The van der Waals surface area contributed by atoms with Crippen LogP contribution in [0.2, 0.25) is 0 Å². The van der Waals surface area contributed by atoms with Crippen LogP contribution in [0.25, 0.3) is 11.4 Å². The Hall–Kier alpha value is -2.30. The third-order valence-corrected chi connectivity index (χ3v) is 2.35. The molecule has 0 bridgehead atoms. The molecule has 3 N–H and O–H groups in total. The minimum Gasteiger partial charge on any atom is -0.345 e. The lowest BCUT2D eigenvalue weighted by Gasteiger charge is -2.12. The summed E-state index contributed by atoms with van der Waals surface area (Å²) >= 11 is 0. The number of aromatic nitrogens is 2. The lowest BCUT2D eigenvalue weighted by Crippen LogP contribution is -2.34. The van der Waals surface area contributed by atoms with Gasteiger partial charge in [-0.25, -0.2) is 9.78 Å². The maximum Gasteiger partial charge on any atom is 0.319 e. The number of imidazole rings is 1. The number of rotatable bonds is 3. The van der Waals surface area contributed by atoms with Gasteiger partial charge in [0.1, 0.15) is 5.82 Å². The molecule has 0 spiro atoms. The predicted molar refractivity (Wildman–Crippen MR) is 71.3 cm³/mol. The molecule has 2 amide bonds. The highest BCUT2D eigenvalue weighted by molar-refractivity contribution is 5.93. The number of hydrogen-bond donors (Lipinski definition) is 3. The molecule has 18 heavy (non-hydrogen) atoms. The van der Waals surface area contributed by atoms with E-state index in [0.29, 0.717) is 0 Å². The fourth-order valence-corrected chi connectivity index (χ4v) is 1.63. The van der Waals surface area contributed by atoms with Gasteiger partial charge in [-0.05, 0) is 26.0 Å². The first-order valence-corrected chi connectivity index (χ1v) is 5.83. The first-order valence-electron chi connectivity index (χ1n) is 5.83. The van der Waals surface area contributed by atoms with Crippen LogP contribution in [-0.2, 0) is 0 Å². The van der Waals surface area contributed by atoms with E-state index in [0.717, 1.165) is 17.1 Å². The van der Waals surface area contributed by atoms with Crippen molar-refractivity contribution < 1.29 is 4.79 Å². The molecule has 0 unspecified atom stereocenters. The number of nitrogens with one attached hydrogen (secondary N) is 3. The predicted octanol–water partition coefficient (Wildman–Crippen LogP) is 2.61. The van der Waals surface area contributed by atoms with E-state index in [2.05, 4.69) is 20.6 Å². The summed E-state index contributed by atoms with van der Waals surface area (Å²) in [5.74, 6) is 0.732. The van der Waals surface area contributed by atoms with Gasteiger partial charge in [0.2, 0.25) is 0 Å². The summed E-state index contributed by atoms with van der Waals surface area (Å²) in [4.78, 5) is 18.9. The molecular weight excluding hydrogens is 228 g/mol. The van der Waals surface area contributed by atoms with E-state index >= 15 is 0 Å².